The van der Waals surface area contributed by atoms with Crippen LogP contribution in [-0.4, -0.2) is 13.1 Å². The summed E-state index contributed by atoms with van der Waals surface area (Å²) in [6, 6.07) is 5.69. The van der Waals surface area contributed by atoms with Gasteiger partial charge in [-0.2, -0.15) is 0 Å². The second kappa shape index (κ2) is 4.72. The van der Waals surface area contributed by atoms with E-state index in [1.165, 1.54) is 25.3 Å². The smallest absolute Gasteiger partial charge is 0.340 e. The number of benzene rings is 1. The summed E-state index contributed by atoms with van der Waals surface area (Å²) in [5.41, 5.74) is -0.0324. The molecule has 0 fully saturated rings. The van der Waals surface area contributed by atoms with E-state index in [0.717, 1.165) is 0 Å². The molecule has 0 N–H and O–H groups in total. The van der Waals surface area contributed by atoms with Crippen molar-refractivity contribution in [3.05, 3.63) is 35.6 Å². The van der Waals surface area contributed by atoms with Gasteiger partial charge in [0, 0.05) is 0 Å². The van der Waals surface area contributed by atoms with E-state index in [-0.39, 0.29) is 18.0 Å². The fourth-order valence-corrected chi connectivity index (χ4v) is 0.737. The van der Waals surface area contributed by atoms with Crippen LogP contribution in [-0.2, 0) is 4.74 Å². The van der Waals surface area contributed by atoms with Gasteiger partial charge in [0.2, 0.25) is 0 Å². The number of hydrogen-bond acceptors (Lipinski definition) is 2. The quantitative estimate of drug-likeness (QED) is 0.634. The number of carbonyl (C=O) groups is 1. The lowest BCUT2D eigenvalue weighted by atomic mass is 10.2. The lowest BCUT2D eigenvalue weighted by Gasteiger charge is -1.98. The number of rotatable bonds is 1. The van der Waals surface area contributed by atoms with E-state index in [2.05, 4.69) is 4.74 Å². The Balaban J connectivity index is 0.00000121. The monoisotopic (exact) mass is 190 g/mol. The SMILES string of the molecule is COC(=O)c1ccccc1F.Cl. The summed E-state index contributed by atoms with van der Waals surface area (Å²) in [5, 5.41) is 0. The molecule has 66 valence electrons. The van der Waals surface area contributed by atoms with Gasteiger partial charge in [-0.15, -0.1) is 12.4 Å². The summed E-state index contributed by atoms with van der Waals surface area (Å²) in [5.74, 6) is -1.21. The molecule has 0 spiro atoms. The zero-order chi connectivity index (χ0) is 8.27. The number of halogens is 2. The maximum Gasteiger partial charge on any atom is 0.340 e. The minimum absolute atomic E-state index is 0. The molecular weight excluding hydrogens is 183 g/mol. The summed E-state index contributed by atoms with van der Waals surface area (Å²) < 4.78 is 17.1. The van der Waals surface area contributed by atoms with Crippen molar-refractivity contribution in [3.63, 3.8) is 0 Å². The fraction of sp³-hybridized carbons (Fsp3) is 0.125. The first-order chi connectivity index (χ1) is 5.25. The third kappa shape index (κ3) is 2.20. The van der Waals surface area contributed by atoms with Gasteiger partial charge in [0.15, 0.2) is 0 Å². The van der Waals surface area contributed by atoms with Gasteiger partial charge in [-0.3, -0.25) is 0 Å². The second-order valence-electron chi connectivity index (χ2n) is 1.97. The second-order valence-corrected chi connectivity index (χ2v) is 1.97. The molecule has 1 aromatic rings. The number of carbonyl (C=O) groups excluding carboxylic acids is 1. The molecule has 0 unspecified atom stereocenters. The molecule has 0 saturated carbocycles. The third-order valence-corrected chi connectivity index (χ3v) is 1.28. The van der Waals surface area contributed by atoms with Crippen LogP contribution in [0.1, 0.15) is 10.4 Å². The standard InChI is InChI=1S/C8H7FO2.ClH/c1-11-8(10)6-4-2-3-5-7(6)9;/h2-5H,1H3;1H. The van der Waals surface area contributed by atoms with Gasteiger partial charge in [-0.1, -0.05) is 12.1 Å². The minimum atomic E-state index is -0.650. The molecule has 4 heteroatoms. The topological polar surface area (TPSA) is 26.3 Å². The fourth-order valence-electron chi connectivity index (χ4n) is 0.737. The maximum absolute atomic E-state index is 12.7. The van der Waals surface area contributed by atoms with E-state index in [1.807, 2.05) is 0 Å². The molecular formula is C8H8ClFO2. The third-order valence-electron chi connectivity index (χ3n) is 1.28. The first-order valence-electron chi connectivity index (χ1n) is 3.08. The Morgan fingerprint density at radius 3 is 2.50 bits per heavy atom. The zero-order valence-electron chi connectivity index (χ0n) is 6.41. The first-order valence-corrected chi connectivity index (χ1v) is 3.08. The molecule has 0 aromatic heterocycles. The Labute approximate surface area is 75.8 Å². The summed E-state index contributed by atoms with van der Waals surface area (Å²) >= 11 is 0. The van der Waals surface area contributed by atoms with Crippen LogP contribution in [0.5, 0.6) is 0 Å². The Morgan fingerprint density at radius 2 is 2.00 bits per heavy atom. The first kappa shape index (κ1) is 10.9. The van der Waals surface area contributed by atoms with Crippen LogP contribution in [0, 0.1) is 5.82 Å². The molecule has 0 aliphatic heterocycles. The van der Waals surface area contributed by atoms with Gasteiger partial charge in [0.25, 0.3) is 0 Å². The van der Waals surface area contributed by atoms with E-state index in [9.17, 15) is 9.18 Å². The van der Waals surface area contributed by atoms with Crippen molar-refractivity contribution in [1.29, 1.82) is 0 Å². The number of esters is 1. The Kier molecular flexibility index (Phi) is 4.29. The molecule has 0 aliphatic carbocycles. The molecule has 2 nitrogen and oxygen atoms in total. The van der Waals surface area contributed by atoms with Crippen molar-refractivity contribution in [2.75, 3.05) is 7.11 Å². The number of methoxy groups -OCH3 is 1. The highest BCUT2D eigenvalue weighted by Gasteiger charge is 2.09. The Hall–Kier alpha value is -1.09. The predicted octanol–water partition coefficient (Wildman–Crippen LogP) is 2.03. The Morgan fingerprint density at radius 1 is 1.42 bits per heavy atom. The highest BCUT2D eigenvalue weighted by atomic mass is 35.5. The van der Waals surface area contributed by atoms with Gasteiger partial charge in [0.1, 0.15) is 5.82 Å². The van der Waals surface area contributed by atoms with Crippen LogP contribution in [0.4, 0.5) is 4.39 Å². The van der Waals surface area contributed by atoms with Crippen LogP contribution >= 0.6 is 12.4 Å². The van der Waals surface area contributed by atoms with Crippen molar-refractivity contribution in [1.82, 2.24) is 0 Å². The summed E-state index contributed by atoms with van der Waals surface area (Å²) in [6.45, 7) is 0. The van der Waals surface area contributed by atoms with Gasteiger partial charge in [-0.05, 0) is 12.1 Å². The van der Waals surface area contributed by atoms with E-state index in [4.69, 9.17) is 0 Å². The molecule has 12 heavy (non-hydrogen) atoms. The number of hydrogen-bond donors (Lipinski definition) is 0. The van der Waals surface area contributed by atoms with Crippen LogP contribution < -0.4 is 0 Å². The van der Waals surface area contributed by atoms with Gasteiger partial charge >= 0.3 is 5.97 Å². The van der Waals surface area contributed by atoms with Crippen LogP contribution in [0.3, 0.4) is 0 Å². The molecule has 1 rings (SSSR count). The average molecular weight is 191 g/mol. The summed E-state index contributed by atoms with van der Waals surface area (Å²) in [4.78, 5) is 10.8. The lowest BCUT2D eigenvalue weighted by molar-refractivity contribution is 0.0595. The normalized spacial score (nSPS) is 8.50. The molecule has 0 saturated heterocycles. The summed E-state index contributed by atoms with van der Waals surface area (Å²) in [7, 11) is 1.22. The minimum Gasteiger partial charge on any atom is -0.465 e. The van der Waals surface area contributed by atoms with Gasteiger partial charge in [0.05, 0.1) is 12.7 Å². The predicted molar refractivity (Wildman–Crippen MR) is 45.0 cm³/mol. The van der Waals surface area contributed by atoms with Crippen molar-refractivity contribution in [2.24, 2.45) is 0 Å². The maximum atomic E-state index is 12.7. The van der Waals surface area contributed by atoms with E-state index in [1.54, 1.807) is 6.07 Å². The molecule has 1 aromatic carbocycles. The highest BCUT2D eigenvalue weighted by molar-refractivity contribution is 5.89. The van der Waals surface area contributed by atoms with E-state index >= 15 is 0 Å². The van der Waals surface area contributed by atoms with E-state index in [0.29, 0.717) is 0 Å². The molecule has 0 radical (unpaired) electrons. The van der Waals surface area contributed by atoms with Gasteiger partial charge < -0.3 is 4.74 Å². The number of ether oxygens (including phenoxy) is 1. The van der Waals surface area contributed by atoms with Crippen LogP contribution in [0.2, 0.25) is 0 Å². The zero-order valence-corrected chi connectivity index (χ0v) is 7.23. The average Bonchev–Trinajstić information content (AvgIpc) is 2.04. The van der Waals surface area contributed by atoms with E-state index < -0.39 is 11.8 Å². The highest BCUT2D eigenvalue weighted by Crippen LogP contribution is 2.06. The summed E-state index contributed by atoms with van der Waals surface area (Å²) in [6.07, 6.45) is 0. The van der Waals surface area contributed by atoms with Crippen molar-refractivity contribution >= 4 is 18.4 Å². The van der Waals surface area contributed by atoms with Crippen molar-refractivity contribution in [3.8, 4) is 0 Å². The Bertz CT molecular complexity index is 276. The van der Waals surface area contributed by atoms with Crippen LogP contribution in [0.25, 0.3) is 0 Å². The van der Waals surface area contributed by atoms with Crippen molar-refractivity contribution in [2.45, 2.75) is 0 Å². The molecule has 0 amide bonds. The van der Waals surface area contributed by atoms with Crippen LogP contribution in [0.15, 0.2) is 24.3 Å². The molecule has 0 atom stereocenters. The molecule has 0 heterocycles. The lowest BCUT2D eigenvalue weighted by Crippen LogP contribution is -2.03. The largest absolute Gasteiger partial charge is 0.465 e. The molecule has 0 bridgehead atoms. The van der Waals surface area contributed by atoms with Gasteiger partial charge in [-0.25, -0.2) is 9.18 Å². The van der Waals surface area contributed by atoms with Crippen molar-refractivity contribution < 1.29 is 13.9 Å². The molecule has 0 aliphatic rings.